The van der Waals surface area contributed by atoms with Gasteiger partial charge in [-0.1, -0.05) is 13.8 Å². The minimum absolute atomic E-state index is 0.00527. The van der Waals surface area contributed by atoms with Crippen LogP contribution in [0.2, 0.25) is 0 Å². The molecule has 0 bridgehead atoms. The van der Waals surface area contributed by atoms with E-state index in [9.17, 15) is 13.2 Å². The molecule has 1 atom stereocenters. The first-order chi connectivity index (χ1) is 14.9. The third kappa shape index (κ3) is 5.81. The molecule has 0 aliphatic carbocycles. The molecule has 0 aliphatic heterocycles. The van der Waals surface area contributed by atoms with E-state index < -0.39 is 22.0 Å². The number of hydrogen-bond donors (Lipinski definition) is 2. The smallest absolute Gasteiger partial charge is 0.255 e. The lowest BCUT2D eigenvalue weighted by atomic mass is 9.94. The predicted molar refractivity (Wildman–Crippen MR) is 126 cm³/mol. The van der Waals surface area contributed by atoms with E-state index in [1.54, 1.807) is 14.0 Å². The molecule has 7 nitrogen and oxygen atoms in total. The van der Waals surface area contributed by atoms with Gasteiger partial charge in [0.05, 0.1) is 24.7 Å². The number of aryl methyl sites for hydroxylation is 1. The summed E-state index contributed by atoms with van der Waals surface area (Å²) in [6.45, 7) is 11.5. The van der Waals surface area contributed by atoms with E-state index in [4.69, 9.17) is 9.47 Å². The largest absolute Gasteiger partial charge is 0.496 e. The molecular weight excluding hydrogens is 428 g/mol. The lowest BCUT2D eigenvalue weighted by molar-refractivity contribution is 0.0940. The van der Waals surface area contributed by atoms with Gasteiger partial charge in [0, 0.05) is 12.1 Å². The molecule has 0 aromatic heterocycles. The number of carbonyl (C=O) groups excluding carboxylic acids is 1. The van der Waals surface area contributed by atoms with Gasteiger partial charge in [0.25, 0.3) is 5.91 Å². The van der Waals surface area contributed by atoms with Crippen LogP contribution in [0.5, 0.6) is 11.5 Å². The number of sulfonamides is 1. The second-order valence-electron chi connectivity index (χ2n) is 8.44. The molecular formula is C24H34N2O5S. The molecule has 0 saturated carbocycles. The Morgan fingerprint density at radius 3 is 2.06 bits per heavy atom. The molecule has 2 N–H and O–H groups in total. The Morgan fingerprint density at radius 2 is 1.53 bits per heavy atom. The summed E-state index contributed by atoms with van der Waals surface area (Å²) in [5, 5.41) is 2.77. The molecule has 0 spiro atoms. The number of methoxy groups -OCH3 is 2. The van der Waals surface area contributed by atoms with E-state index in [0.717, 1.165) is 22.4 Å². The van der Waals surface area contributed by atoms with Crippen molar-refractivity contribution in [3.63, 3.8) is 0 Å². The van der Waals surface area contributed by atoms with Crippen molar-refractivity contribution in [2.45, 2.75) is 64.4 Å². The molecule has 0 aliphatic rings. The van der Waals surface area contributed by atoms with Gasteiger partial charge in [-0.3, -0.25) is 4.79 Å². The molecule has 0 radical (unpaired) electrons. The zero-order valence-electron chi connectivity index (χ0n) is 20.1. The first kappa shape index (κ1) is 25.7. The van der Waals surface area contributed by atoms with Crippen molar-refractivity contribution in [1.29, 1.82) is 0 Å². The maximum Gasteiger partial charge on any atom is 0.255 e. The first-order valence-electron chi connectivity index (χ1n) is 10.6. The number of carbonyl (C=O) groups is 1. The van der Waals surface area contributed by atoms with E-state index in [1.807, 2.05) is 32.9 Å². The van der Waals surface area contributed by atoms with E-state index >= 15 is 0 Å². The molecule has 176 valence electrons. The van der Waals surface area contributed by atoms with Crippen molar-refractivity contribution in [1.82, 2.24) is 10.0 Å². The maximum atomic E-state index is 13.2. The molecule has 2 aromatic rings. The average molecular weight is 463 g/mol. The molecule has 0 saturated heterocycles. The highest BCUT2D eigenvalue weighted by Gasteiger charge is 2.24. The maximum absolute atomic E-state index is 13.2. The van der Waals surface area contributed by atoms with Crippen molar-refractivity contribution >= 4 is 15.9 Å². The topological polar surface area (TPSA) is 93.7 Å². The van der Waals surface area contributed by atoms with Crippen LogP contribution in [0.25, 0.3) is 0 Å². The fourth-order valence-corrected chi connectivity index (χ4v) is 4.79. The van der Waals surface area contributed by atoms with Gasteiger partial charge >= 0.3 is 0 Å². The normalized spacial score (nSPS) is 12.7. The summed E-state index contributed by atoms with van der Waals surface area (Å²) >= 11 is 0. The molecule has 2 rings (SSSR count). The number of rotatable bonds is 9. The lowest BCUT2D eigenvalue weighted by Crippen LogP contribution is -2.31. The molecule has 0 fully saturated rings. The van der Waals surface area contributed by atoms with Crippen LogP contribution in [0, 0.1) is 6.92 Å². The SMILES string of the molecule is COc1ccc(S(=O)(=O)N[C@@H](C)c2cc(C(C)C)c(OC)cc2C)cc1C(=O)NC(C)C. The number of benzene rings is 2. The number of amides is 1. The van der Waals surface area contributed by atoms with Crippen LogP contribution in [0.3, 0.4) is 0 Å². The Hall–Kier alpha value is -2.58. The monoisotopic (exact) mass is 462 g/mol. The van der Waals surface area contributed by atoms with Gasteiger partial charge < -0.3 is 14.8 Å². The fourth-order valence-electron chi connectivity index (χ4n) is 3.55. The molecule has 0 unspecified atom stereocenters. The summed E-state index contributed by atoms with van der Waals surface area (Å²) in [4.78, 5) is 12.5. The van der Waals surface area contributed by atoms with Crippen LogP contribution in [0.1, 0.15) is 73.6 Å². The fraction of sp³-hybridized carbons (Fsp3) is 0.458. The highest BCUT2D eigenvalue weighted by Crippen LogP contribution is 2.33. The van der Waals surface area contributed by atoms with E-state index in [0.29, 0.717) is 5.75 Å². The number of hydrogen-bond acceptors (Lipinski definition) is 5. The minimum atomic E-state index is -3.90. The van der Waals surface area contributed by atoms with E-state index in [1.165, 1.54) is 25.3 Å². The summed E-state index contributed by atoms with van der Waals surface area (Å²) < 4.78 is 39.8. The second-order valence-corrected chi connectivity index (χ2v) is 10.2. The van der Waals surface area contributed by atoms with Gasteiger partial charge in [-0.05, 0) is 80.6 Å². The van der Waals surface area contributed by atoms with Crippen LogP contribution >= 0.6 is 0 Å². The summed E-state index contributed by atoms with van der Waals surface area (Å²) in [6.07, 6.45) is 0. The average Bonchev–Trinajstić information content (AvgIpc) is 2.71. The second kappa shape index (κ2) is 10.4. The van der Waals surface area contributed by atoms with E-state index in [2.05, 4.69) is 23.9 Å². The minimum Gasteiger partial charge on any atom is -0.496 e. The van der Waals surface area contributed by atoms with Gasteiger partial charge in [-0.15, -0.1) is 0 Å². The summed E-state index contributed by atoms with van der Waals surface area (Å²) in [5.74, 6) is 0.918. The number of nitrogens with one attached hydrogen (secondary N) is 2. The van der Waals surface area contributed by atoms with Gasteiger partial charge in [-0.25, -0.2) is 13.1 Å². The van der Waals surface area contributed by atoms with Crippen LogP contribution in [-0.2, 0) is 10.0 Å². The third-order valence-electron chi connectivity index (χ3n) is 5.18. The molecule has 1 amide bonds. The standard InChI is InChI=1S/C24H34N2O5S/c1-14(2)19-13-20(16(5)11-23(19)31-8)17(6)26-32(28,29)18-9-10-22(30-7)21(12-18)24(27)25-15(3)4/h9-15,17,26H,1-8H3,(H,25,27)/t17-/m0/s1. The Labute approximate surface area is 191 Å². The Morgan fingerprint density at radius 1 is 0.906 bits per heavy atom. The van der Waals surface area contributed by atoms with Gasteiger partial charge in [-0.2, -0.15) is 0 Å². The number of ether oxygens (including phenoxy) is 2. The predicted octanol–water partition coefficient (Wildman–Crippen LogP) is 4.31. The van der Waals surface area contributed by atoms with Crippen molar-refractivity contribution in [2.75, 3.05) is 14.2 Å². The van der Waals surface area contributed by atoms with Crippen LogP contribution in [0.15, 0.2) is 35.2 Å². The van der Waals surface area contributed by atoms with Crippen molar-refractivity contribution in [3.8, 4) is 11.5 Å². The highest BCUT2D eigenvalue weighted by atomic mass is 32.2. The van der Waals surface area contributed by atoms with Crippen LogP contribution in [0.4, 0.5) is 0 Å². The molecule has 32 heavy (non-hydrogen) atoms. The Bertz CT molecular complexity index is 1080. The zero-order valence-corrected chi connectivity index (χ0v) is 20.9. The summed E-state index contributed by atoms with van der Waals surface area (Å²) in [5.41, 5.74) is 2.97. The zero-order chi connectivity index (χ0) is 24.2. The first-order valence-corrected chi connectivity index (χ1v) is 12.1. The van der Waals surface area contributed by atoms with Crippen molar-refractivity contribution in [3.05, 3.63) is 52.6 Å². The lowest BCUT2D eigenvalue weighted by Gasteiger charge is -2.21. The quantitative estimate of drug-likeness (QED) is 0.579. The highest BCUT2D eigenvalue weighted by molar-refractivity contribution is 7.89. The van der Waals surface area contributed by atoms with Crippen molar-refractivity contribution < 1.29 is 22.7 Å². The summed E-state index contributed by atoms with van der Waals surface area (Å²) in [6, 6.07) is 7.59. The van der Waals surface area contributed by atoms with E-state index in [-0.39, 0.29) is 22.4 Å². The molecule has 2 aromatic carbocycles. The van der Waals surface area contributed by atoms with Gasteiger partial charge in [0.15, 0.2) is 0 Å². The van der Waals surface area contributed by atoms with Gasteiger partial charge in [0.2, 0.25) is 10.0 Å². The molecule has 8 heteroatoms. The van der Waals surface area contributed by atoms with Crippen molar-refractivity contribution in [2.24, 2.45) is 0 Å². The van der Waals surface area contributed by atoms with Crippen LogP contribution < -0.4 is 19.5 Å². The molecule has 0 heterocycles. The Kier molecular flexibility index (Phi) is 8.31. The summed E-state index contributed by atoms with van der Waals surface area (Å²) in [7, 11) is -0.832. The Balaban J connectivity index is 2.41. The van der Waals surface area contributed by atoms with Crippen LogP contribution in [-0.4, -0.2) is 34.6 Å². The third-order valence-corrected chi connectivity index (χ3v) is 6.72. The van der Waals surface area contributed by atoms with Gasteiger partial charge in [0.1, 0.15) is 11.5 Å².